The Balaban J connectivity index is 1.78. The Hall–Kier alpha value is -4.86. The molecule has 1 amide bonds. The molecule has 4 aromatic rings. The summed E-state index contributed by atoms with van der Waals surface area (Å²) in [6, 6.07) is 20.5. The van der Waals surface area contributed by atoms with Crippen molar-refractivity contribution in [1.82, 2.24) is 9.78 Å². The molecule has 0 saturated heterocycles. The Morgan fingerprint density at radius 2 is 1.45 bits per heavy atom. The zero-order chi connectivity index (χ0) is 23.5. The van der Waals surface area contributed by atoms with Crippen molar-refractivity contribution in [1.29, 1.82) is 0 Å². The minimum absolute atomic E-state index is 0.0597. The van der Waals surface area contributed by atoms with E-state index in [0.29, 0.717) is 11.3 Å². The molecule has 0 bridgehead atoms. The molecule has 0 atom stereocenters. The van der Waals surface area contributed by atoms with Crippen LogP contribution in [0, 0.1) is 27.2 Å². The first kappa shape index (κ1) is 21.4. The highest BCUT2D eigenvalue weighted by molar-refractivity contribution is 6.08. The highest BCUT2D eigenvalue weighted by Gasteiger charge is 2.25. The highest BCUT2D eigenvalue weighted by Crippen LogP contribution is 2.32. The van der Waals surface area contributed by atoms with Gasteiger partial charge < -0.3 is 5.32 Å². The topological polar surface area (TPSA) is 133 Å². The van der Waals surface area contributed by atoms with Gasteiger partial charge >= 0.3 is 0 Å². The molecule has 0 saturated carbocycles. The van der Waals surface area contributed by atoms with E-state index in [1.54, 1.807) is 23.0 Å². The summed E-state index contributed by atoms with van der Waals surface area (Å²) in [7, 11) is 0. The number of hydrogen-bond acceptors (Lipinski definition) is 6. The largest absolute Gasteiger partial charge is 0.321 e. The van der Waals surface area contributed by atoms with Crippen molar-refractivity contribution in [3.63, 3.8) is 0 Å². The van der Waals surface area contributed by atoms with Crippen molar-refractivity contribution in [2.75, 3.05) is 5.32 Å². The number of carbonyl (C=O) groups excluding carboxylic acids is 1. The number of carbonyl (C=O) groups is 1. The molecule has 10 nitrogen and oxygen atoms in total. The molecule has 0 fully saturated rings. The van der Waals surface area contributed by atoms with Gasteiger partial charge in [-0.2, -0.15) is 5.10 Å². The number of hydrogen-bond donors (Lipinski definition) is 1. The summed E-state index contributed by atoms with van der Waals surface area (Å²) in [5, 5.41) is 29.8. The Kier molecular flexibility index (Phi) is 5.64. The van der Waals surface area contributed by atoms with Gasteiger partial charge in [0.2, 0.25) is 0 Å². The molecular formula is C23H17N5O5. The van der Waals surface area contributed by atoms with Gasteiger partial charge in [-0.25, -0.2) is 4.68 Å². The number of nitrogens with zero attached hydrogens (tertiary/aromatic N) is 4. The van der Waals surface area contributed by atoms with E-state index in [1.807, 2.05) is 48.5 Å². The van der Waals surface area contributed by atoms with Gasteiger partial charge in [-0.3, -0.25) is 25.0 Å². The molecule has 0 aliphatic carbocycles. The van der Waals surface area contributed by atoms with Crippen LogP contribution in [0.4, 0.5) is 17.1 Å². The van der Waals surface area contributed by atoms with Crippen LogP contribution in [0.5, 0.6) is 0 Å². The quantitative estimate of drug-likeness (QED) is 0.332. The third-order valence-electron chi connectivity index (χ3n) is 5.03. The third-order valence-corrected chi connectivity index (χ3v) is 5.03. The fourth-order valence-corrected chi connectivity index (χ4v) is 3.40. The summed E-state index contributed by atoms with van der Waals surface area (Å²) >= 11 is 0. The first-order valence-electron chi connectivity index (χ1n) is 9.80. The maximum absolute atomic E-state index is 13.2. The fourth-order valence-electron chi connectivity index (χ4n) is 3.40. The number of nitrogens with one attached hydrogen (secondary N) is 1. The van der Waals surface area contributed by atoms with Gasteiger partial charge in [0.1, 0.15) is 11.3 Å². The average Bonchev–Trinajstić information content (AvgIpc) is 3.26. The predicted molar refractivity (Wildman–Crippen MR) is 121 cm³/mol. The van der Waals surface area contributed by atoms with Crippen LogP contribution in [-0.4, -0.2) is 25.5 Å². The minimum Gasteiger partial charge on any atom is -0.321 e. The summed E-state index contributed by atoms with van der Waals surface area (Å²) in [4.78, 5) is 34.5. The lowest BCUT2D eigenvalue weighted by Crippen LogP contribution is -2.13. The van der Waals surface area contributed by atoms with E-state index in [9.17, 15) is 25.0 Å². The van der Waals surface area contributed by atoms with E-state index in [1.165, 1.54) is 6.92 Å². The van der Waals surface area contributed by atoms with Gasteiger partial charge in [-0.1, -0.05) is 48.5 Å². The van der Waals surface area contributed by atoms with Gasteiger partial charge in [0.05, 0.1) is 26.8 Å². The molecule has 33 heavy (non-hydrogen) atoms. The number of nitro benzene ring substituents is 2. The molecule has 4 rings (SSSR count). The van der Waals surface area contributed by atoms with Crippen LogP contribution >= 0.6 is 0 Å². The molecule has 0 radical (unpaired) electrons. The molecule has 10 heteroatoms. The van der Waals surface area contributed by atoms with Gasteiger partial charge in [-0.05, 0) is 19.1 Å². The third kappa shape index (κ3) is 4.30. The first-order valence-corrected chi connectivity index (χ1v) is 9.80. The van der Waals surface area contributed by atoms with Crippen LogP contribution in [0.1, 0.15) is 15.9 Å². The Morgan fingerprint density at radius 3 is 2.00 bits per heavy atom. The standard InChI is InChI=1S/C23H17N5O5/c1-15-20(27(30)31)12-17(13-21(15)28(32)33)24-23(29)19-14-26(18-10-6-3-7-11-18)25-22(19)16-8-4-2-5-9-16/h2-14H,1H3,(H,24,29). The summed E-state index contributed by atoms with van der Waals surface area (Å²) in [5.74, 6) is -0.608. The van der Waals surface area contributed by atoms with Crippen LogP contribution < -0.4 is 5.32 Å². The fraction of sp³-hybridized carbons (Fsp3) is 0.0435. The van der Waals surface area contributed by atoms with Gasteiger partial charge in [-0.15, -0.1) is 0 Å². The normalized spacial score (nSPS) is 10.6. The van der Waals surface area contributed by atoms with Gasteiger partial charge in [0.15, 0.2) is 0 Å². The summed E-state index contributed by atoms with van der Waals surface area (Å²) < 4.78 is 1.55. The predicted octanol–water partition coefficient (Wildman–Crippen LogP) is 4.92. The number of anilines is 1. The van der Waals surface area contributed by atoms with Crippen molar-refractivity contribution in [3.8, 4) is 16.9 Å². The number of nitro groups is 2. The smallest absolute Gasteiger partial charge is 0.281 e. The SMILES string of the molecule is Cc1c([N+](=O)[O-])cc(NC(=O)c2cn(-c3ccccc3)nc2-c2ccccc2)cc1[N+](=O)[O-]. The van der Waals surface area contributed by atoms with Crippen molar-refractivity contribution in [2.45, 2.75) is 6.92 Å². The van der Waals surface area contributed by atoms with E-state index >= 15 is 0 Å². The van der Waals surface area contributed by atoms with Crippen LogP contribution in [0.3, 0.4) is 0 Å². The zero-order valence-electron chi connectivity index (χ0n) is 17.3. The van der Waals surface area contributed by atoms with Crippen LogP contribution in [-0.2, 0) is 0 Å². The van der Waals surface area contributed by atoms with Gasteiger partial charge in [0.25, 0.3) is 17.3 Å². The van der Waals surface area contributed by atoms with E-state index in [-0.39, 0.29) is 16.8 Å². The van der Waals surface area contributed by atoms with Crippen LogP contribution in [0.15, 0.2) is 79.0 Å². The number of amides is 1. The number of benzene rings is 3. The number of aromatic nitrogens is 2. The first-order chi connectivity index (χ1) is 15.8. The monoisotopic (exact) mass is 443 g/mol. The summed E-state index contributed by atoms with van der Waals surface area (Å²) in [6.07, 6.45) is 1.55. The van der Waals surface area contributed by atoms with E-state index in [0.717, 1.165) is 17.8 Å². The second-order valence-electron chi connectivity index (χ2n) is 7.15. The maximum Gasteiger partial charge on any atom is 0.281 e. The van der Waals surface area contributed by atoms with Gasteiger partial charge in [0, 0.05) is 23.9 Å². The molecule has 1 heterocycles. The summed E-state index contributed by atoms with van der Waals surface area (Å²) in [6.45, 7) is 1.29. The van der Waals surface area contributed by atoms with Crippen molar-refractivity contribution in [2.24, 2.45) is 0 Å². The van der Waals surface area contributed by atoms with Crippen LogP contribution in [0.25, 0.3) is 16.9 Å². The number of rotatable bonds is 6. The second kappa shape index (κ2) is 8.71. The Labute approximate surface area is 187 Å². The highest BCUT2D eigenvalue weighted by atomic mass is 16.6. The zero-order valence-corrected chi connectivity index (χ0v) is 17.3. The Morgan fingerprint density at radius 1 is 0.909 bits per heavy atom. The van der Waals surface area contributed by atoms with Crippen molar-refractivity contribution >= 4 is 23.0 Å². The molecule has 0 spiro atoms. The van der Waals surface area contributed by atoms with Crippen molar-refractivity contribution < 1.29 is 14.6 Å². The lowest BCUT2D eigenvalue weighted by atomic mass is 10.1. The lowest BCUT2D eigenvalue weighted by Gasteiger charge is -2.07. The van der Waals surface area contributed by atoms with E-state index in [4.69, 9.17) is 0 Å². The minimum atomic E-state index is -0.721. The molecule has 1 N–H and O–H groups in total. The second-order valence-corrected chi connectivity index (χ2v) is 7.15. The molecule has 0 aliphatic heterocycles. The lowest BCUT2D eigenvalue weighted by molar-refractivity contribution is -0.395. The maximum atomic E-state index is 13.2. The molecular weight excluding hydrogens is 426 g/mol. The Bertz CT molecular complexity index is 1330. The number of para-hydroxylation sites is 1. The molecule has 0 aliphatic rings. The van der Waals surface area contributed by atoms with Crippen molar-refractivity contribution in [3.05, 3.63) is 110 Å². The molecule has 1 aromatic heterocycles. The molecule has 3 aromatic carbocycles. The molecule has 164 valence electrons. The van der Waals surface area contributed by atoms with E-state index in [2.05, 4.69) is 10.4 Å². The summed E-state index contributed by atoms with van der Waals surface area (Å²) in [5.41, 5.74) is 0.961. The molecule has 0 unspecified atom stereocenters. The van der Waals surface area contributed by atoms with Crippen LogP contribution in [0.2, 0.25) is 0 Å². The van der Waals surface area contributed by atoms with E-state index < -0.39 is 27.1 Å². The average molecular weight is 443 g/mol.